The zero-order chi connectivity index (χ0) is 13.8. The van der Waals surface area contributed by atoms with Crippen LogP contribution < -0.4 is 4.90 Å². The number of carbonyl (C=O) groups is 2. The largest absolute Gasteiger partial charge is 0.478 e. The van der Waals surface area contributed by atoms with Gasteiger partial charge in [-0.15, -0.1) is 0 Å². The highest BCUT2D eigenvalue weighted by molar-refractivity contribution is 6.03. The second-order valence-electron chi connectivity index (χ2n) is 4.27. The zero-order valence-corrected chi connectivity index (χ0v) is 10.7. The molecule has 0 fully saturated rings. The van der Waals surface area contributed by atoms with E-state index >= 15 is 0 Å². The van der Waals surface area contributed by atoms with Crippen LogP contribution in [0, 0.1) is 0 Å². The van der Waals surface area contributed by atoms with Crippen LogP contribution in [0.5, 0.6) is 0 Å². The van der Waals surface area contributed by atoms with Crippen LogP contribution in [-0.4, -0.2) is 23.5 Å². The quantitative estimate of drug-likeness (QED) is 0.668. The van der Waals surface area contributed by atoms with Gasteiger partial charge >= 0.3 is 5.97 Å². The van der Waals surface area contributed by atoms with Crippen molar-refractivity contribution < 1.29 is 14.7 Å². The molecule has 98 valence electrons. The molecule has 0 saturated heterocycles. The Balaban J connectivity index is 2.22. The lowest BCUT2D eigenvalue weighted by molar-refractivity contribution is -0.114. The summed E-state index contributed by atoms with van der Waals surface area (Å²) in [6.07, 6.45) is 7.55. The standard InChI is InChI=1S/C15H15NO3/c1-2-3-4-5-14(17)16-9-8-11-10-12(15(18)19)6-7-13(11)16/h2-7,10H,8-9H2,1H3,(H,18,19)/b3-2+,5-4+. The molecule has 1 aliphatic rings. The van der Waals surface area contributed by atoms with Crippen LogP contribution in [-0.2, 0) is 11.2 Å². The van der Waals surface area contributed by atoms with E-state index in [0.29, 0.717) is 13.0 Å². The van der Waals surface area contributed by atoms with Crippen LogP contribution in [0.4, 0.5) is 5.69 Å². The van der Waals surface area contributed by atoms with Crippen molar-refractivity contribution in [3.63, 3.8) is 0 Å². The summed E-state index contributed by atoms with van der Waals surface area (Å²) < 4.78 is 0. The Kier molecular flexibility index (Phi) is 3.80. The third kappa shape index (κ3) is 2.73. The average Bonchev–Trinajstić information content (AvgIpc) is 2.81. The van der Waals surface area contributed by atoms with E-state index < -0.39 is 5.97 Å². The minimum Gasteiger partial charge on any atom is -0.478 e. The summed E-state index contributed by atoms with van der Waals surface area (Å²) >= 11 is 0. The van der Waals surface area contributed by atoms with Crippen molar-refractivity contribution in [2.45, 2.75) is 13.3 Å². The first-order valence-electron chi connectivity index (χ1n) is 6.10. The van der Waals surface area contributed by atoms with E-state index in [1.807, 2.05) is 13.0 Å². The number of allylic oxidation sites excluding steroid dienone is 3. The van der Waals surface area contributed by atoms with Crippen molar-refractivity contribution >= 4 is 17.6 Å². The maximum Gasteiger partial charge on any atom is 0.335 e. The van der Waals surface area contributed by atoms with Crippen LogP contribution in [0.2, 0.25) is 0 Å². The monoisotopic (exact) mass is 257 g/mol. The molecule has 0 unspecified atom stereocenters. The van der Waals surface area contributed by atoms with Crippen molar-refractivity contribution in [3.05, 3.63) is 53.6 Å². The molecule has 19 heavy (non-hydrogen) atoms. The summed E-state index contributed by atoms with van der Waals surface area (Å²) in [4.78, 5) is 24.5. The molecule has 0 aromatic heterocycles. The second kappa shape index (κ2) is 5.52. The van der Waals surface area contributed by atoms with Gasteiger partial charge in [0, 0.05) is 18.3 Å². The number of benzene rings is 1. The van der Waals surface area contributed by atoms with Gasteiger partial charge in [-0.2, -0.15) is 0 Å². The molecule has 4 nitrogen and oxygen atoms in total. The van der Waals surface area contributed by atoms with Gasteiger partial charge in [-0.05, 0) is 37.1 Å². The van der Waals surface area contributed by atoms with E-state index in [1.54, 1.807) is 29.2 Å². The molecule has 0 saturated carbocycles. The maximum absolute atomic E-state index is 12.0. The summed E-state index contributed by atoms with van der Waals surface area (Å²) in [7, 11) is 0. The zero-order valence-electron chi connectivity index (χ0n) is 10.7. The Morgan fingerprint density at radius 1 is 1.32 bits per heavy atom. The van der Waals surface area contributed by atoms with Crippen molar-refractivity contribution in [1.82, 2.24) is 0 Å². The Labute approximate surface area is 111 Å². The molecule has 0 aliphatic carbocycles. The lowest BCUT2D eigenvalue weighted by atomic mass is 10.1. The van der Waals surface area contributed by atoms with Gasteiger partial charge in [-0.1, -0.05) is 18.2 Å². The average molecular weight is 257 g/mol. The minimum absolute atomic E-state index is 0.0834. The smallest absolute Gasteiger partial charge is 0.335 e. The number of anilines is 1. The van der Waals surface area contributed by atoms with Gasteiger partial charge < -0.3 is 10.0 Å². The van der Waals surface area contributed by atoms with Gasteiger partial charge in [0.2, 0.25) is 0 Å². The molecule has 1 N–H and O–H groups in total. The number of hydrogen-bond donors (Lipinski definition) is 1. The molecular formula is C15H15NO3. The molecule has 2 rings (SSSR count). The number of carboxylic acids is 1. The lowest BCUT2D eigenvalue weighted by Gasteiger charge is -2.14. The molecule has 0 atom stereocenters. The van der Waals surface area contributed by atoms with E-state index in [4.69, 9.17) is 5.11 Å². The Hall–Kier alpha value is -2.36. The summed E-state index contributed by atoms with van der Waals surface area (Å²) in [6, 6.07) is 4.87. The van der Waals surface area contributed by atoms with Crippen molar-refractivity contribution in [3.8, 4) is 0 Å². The van der Waals surface area contributed by atoms with Gasteiger partial charge in [-0.25, -0.2) is 4.79 Å². The third-order valence-electron chi connectivity index (χ3n) is 3.03. The molecule has 1 aliphatic heterocycles. The highest BCUT2D eigenvalue weighted by Crippen LogP contribution is 2.29. The third-order valence-corrected chi connectivity index (χ3v) is 3.03. The van der Waals surface area contributed by atoms with E-state index in [1.165, 1.54) is 12.1 Å². The number of rotatable bonds is 3. The Bertz CT molecular complexity index is 573. The SMILES string of the molecule is C/C=C/C=C/C(=O)N1CCc2cc(C(=O)O)ccc21. The fourth-order valence-electron chi connectivity index (χ4n) is 2.10. The molecule has 4 heteroatoms. The summed E-state index contributed by atoms with van der Waals surface area (Å²) in [6.45, 7) is 2.48. The summed E-state index contributed by atoms with van der Waals surface area (Å²) in [5.41, 5.74) is 1.98. The van der Waals surface area contributed by atoms with Crippen molar-refractivity contribution in [2.75, 3.05) is 11.4 Å². The Morgan fingerprint density at radius 2 is 2.11 bits per heavy atom. The first-order valence-corrected chi connectivity index (χ1v) is 6.10. The Morgan fingerprint density at radius 3 is 2.79 bits per heavy atom. The first kappa shape index (κ1) is 13.1. The fraction of sp³-hybridized carbons (Fsp3) is 0.200. The molecule has 0 bridgehead atoms. The van der Waals surface area contributed by atoms with Gasteiger partial charge in [0.1, 0.15) is 0 Å². The highest BCUT2D eigenvalue weighted by Gasteiger charge is 2.23. The van der Waals surface area contributed by atoms with Crippen LogP contribution >= 0.6 is 0 Å². The van der Waals surface area contributed by atoms with Gasteiger partial charge in [0.15, 0.2) is 0 Å². The van der Waals surface area contributed by atoms with Crippen molar-refractivity contribution in [2.24, 2.45) is 0 Å². The fourth-order valence-corrected chi connectivity index (χ4v) is 2.10. The van der Waals surface area contributed by atoms with E-state index in [9.17, 15) is 9.59 Å². The van der Waals surface area contributed by atoms with Gasteiger partial charge in [-0.3, -0.25) is 4.79 Å². The van der Waals surface area contributed by atoms with Crippen LogP contribution in [0.1, 0.15) is 22.8 Å². The number of carbonyl (C=O) groups excluding carboxylic acids is 1. The normalized spacial score (nSPS) is 14.3. The molecule has 1 amide bonds. The number of hydrogen-bond acceptors (Lipinski definition) is 2. The van der Waals surface area contributed by atoms with Crippen LogP contribution in [0.3, 0.4) is 0 Å². The van der Waals surface area contributed by atoms with Gasteiger partial charge in [0.05, 0.1) is 5.56 Å². The van der Waals surface area contributed by atoms with E-state index in [2.05, 4.69) is 0 Å². The molecule has 0 radical (unpaired) electrons. The summed E-state index contributed by atoms with van der Waals surface area (Å²) in [5.74, 6) is -1.03. The first-order chi connectivity index (χ1) is 9.13. The molecule has 1 aromatic carbocycles. The maximum atomic E-state index is 12.0. The summed E-state index contributed by atoms with van der Waals surface area (Å²) in [5, 5.41) is 8.94. The van der Waals surface area contributed by atoms with Crippen LogP contribution in [0.15, 0.2) is 42.5 Å². The highest BCUT2D eigenvalue weighted by atomic mass is 16.4. The number of aromatic carboxylic acids is 1. The number of fused-ring (bicyclic) bond motifs is 1. The van der Waals surface area contributed by atoms with Gasteiger partial charge in [0.25, 0.3) is 5.91 Å². The number of carboxylic acid groups (broad SMARTS) is 1. The van der Waals surface area contributed by atoms with E-state index in [-0.39, 0.29) is 11.5 Å². The lowest BCUT2D eigenvalue weighted by Crippen LogP contribution is -2.26. The van der Waals surface area contributed by atoms with Crippen LogP contribution in [0.25, 0.3) is 0 Å². The topological polar surface area (TPSA) is 57.6 Å². The minimum atomic E-state index is -0.944. The predicted molar refractivity (Wildman–Crippen MR) is 73.4 cm³/mol. The van der Waals surface area contributed by atoms with E-state index in [0.717, 1.165) is 11.3 Å². The molecule has 1 heterocycles. The predicted octanol–water partition coefficient (Wildman–Crippen LogP) is 2.41. The number of amides is 1. The molecule has 0 spiro atoms. The number of nitrogens with zero attached hydrogens (tertiary/aromatic N) is 1. The molecular weight excluding hydrogens is 242 g/mol. The second-order valence-corrected chi connectivity index (χ2v) is 4.27. The van der Waals surface area contributed by atoms with Crippen molar-refractivity contribution in [1.29, 1.82) is 0 Å². The molecule has 1 aromatic rings.